The molecule has 1 heterocycles. The number of carbonyl (C=O) groups is 2. The maximum absolute atomic E-state index is 13.5. The maximum atomic E-state index is 13.5. The molecule has 1 aliphatic heterocycles. The van der Waals surface area contributed by atoms with Gasteiger partial charge in [-0.25, -0.2) is 5.01 Å². The molecule has 0 radical (unpaired) electrons. The first-order valence-electron chi connectivity index (χ1n) is 13.8. The lowest BCUT2D eigenvalue weighted by atomic mass is 9.46. The summed E-state index contributed by atoms with van der Waals surface area (Å²) in [4.78, 5) is 25.1. The Morgan fingerprint density at radius 2 is 1.81 bits per heavy atom. The van der Waals surface area contributed by atoms with Crippen molar-refractivity contribution in [2.75, 3.05) is 5.01 Å². The van der Waals surface area contributed by atoms with Gasteiger partial charge in [-0.2, -0.15) is 5.11 Å². The highest BCUT2D eigenvalue weighted by atomic mass is 16.5. The predicted octanol–water partition coefficient (Wildman–Crippen LogP) is 6.38. The van der Waals surface area contributed by atoms with E-state index in [-0.39, 0.29) is 34.7 Å². The van der Waals surface area contributed by atoms with Crippen LogP contribution in [0.2, 0.25) is 0 Å². The van der Waals surface area contributed by atoms with Crippen molar-refractivity contribution in [2.45, 2.75) is 97.2 Å². The fourth-order valence-corrected chi connectivity index (χ4v) is 9.26. The number of benzene rings is 1. The van der Waals surface area contributed by atoms with E-state index in [9.17, 15) is 9.59 Å². The lowest BCUT2D eigenvalue weighted by Gasteiger charge is -2.58. The van der Waals surface area contributed by atoms with E-state index in [1.54, 1.807) is 6.92 Å². The van der Waals surface area contributed by atoms with Gasteiger partial charge in [0.1, 0.15) is 6.10 Å². The zero-order valence-electron chi connectivity index (χ0n) is 22.3. The Morgan fingerprint density at radius 1 is 1.06 bits per heavy atom. The molecule has 36 heavy (non-hydrogen) atoms. The Labute approximate surface area is 214 Å². The number of rotatable bonds is 3. The number of nitrogens with zero attached hydrogens (tertiary/aromatic N) is 3. The second-order valence-electron chi connectivity index (χ2n) is 12.6. The number of hydrogen-bond acceptors (Lipinski definition) is 6. The molecular weight excluding hydrogens is 450 g/mol. The van der Waals surface area contributed by atoms with E-state index in [2.05, 4.69) is 61.3 Å². The predicted molar refractivity (Wildman–Crippen MR) is 138 cm³/mol. The summed E-state index contributed by atoms with van der Waals surface area (Å²) >= 11 is 0. The molecule has 0 spiro atoms. The molecule has 0 amide bonds. The molecule has 192 valence electrons. The lowest BCUT2D eigenvalue weighted by molar-refractivity contribution is -0.149. The van der Waals surface area contributed by atoms with Crippen LogP contribution in [0.4, 0.5) is 5.69 Å². The molecule has 6 heteroatoms. The minimum Gasteiger partial charge on any atom is -0.462 e. The third kappa shape index (κ3) is 3.08. The average molecular weight is 490 g/mol. The third-order valence-electron chi connectivity index (χ3n) is 11.0. The quantitative estimate of drug-likeness (QED) is 0.365. The molecule has 4 aliphatic carbocycles. The molecular formula is C30H39N3O3. The summed E-state index contributed by atoms with van der Waals surface area (Å²) in [5, 5.41) is 11.6. The van der Waals surface area contributed by atoms with E-state index in [4.69, 9.17) is 9.85 Å². The number of allylic oxidation sites excluding steroid dienone is 1. The van der Waals surface area contributed by atoms with Crippen molar-refractivity contribution >= 4 is 17.4 Å². The van der Waals surface area contributed by atoms with Crippen molar-refractivity contribution in [1.82, 2.24) is 0 Å². The van der Waals surface area contributed by atoms with E-state index in [1.807, 2.05) is 0 Å². The summed E-state index contributed by atoms with van der Waals surface area (Å²) in [5.74, 6) is 1.55. The highest BCUT2D eigenvalue weighted by molar-refractivity contribution is 5.90. The number of esters is 1. The Hall–Kier alpha value is -2.50. The summed E-state index contributed by atoms with van der Waals surface area (Å²) in [7, 11) is 0. The molecule has 3 fully saturated rings. The van der Waals surface area contributed by atoms with Gasteiger partial charge in [0.05, 0.1) is 11.7 Å². The molecule has 0 bridgehead atoms. The van der Waals surface area contributed by atoms with E-state index in [0.717, 1.165) is 50.6 Å². The highest BCUT2D eigenvalue weighted by Gasteiger charge is 2.73. The Morgan fingerprint density at radius 3 is 2.50 bits per heavy atom. The topological polar surface area (TPSA) is 71.3 Å². The zero-order valence-corrected chi connectivity index (χ0v) is 22.3. The Bertz CT molecular complexity index is 1160. The summed E-state index contributed by atoms with van der Waals surface area (Å²) in [6.07, 6.45) is 9.48. The molecule has 6 rings (SSSR count). The molecule has 5 aliphatic rings. The van der Waals surface area contributed by atoms with Crippen LogP contribution in [0.5, 0.6) is 0 Å². The first-order valence-corrected chi connectivity index (χ1v) is 13.8. The van der Waals surface area contributed by atoms with E-state index < -0.39 is 5.54 Å². The Balaban J connectivity index is 1.34. The number of aryl methyl sites for hydroxylation is 1. The first kappa shape index (κ1) is 23.9. The summed E-state index contributed by atoms with van der Waals surface area (Å²) in [6.45, 7) is 10.1. The van der Waals surface area contributed by atoms with Crippen LogP contribution in [0.1, 0.15) is 78.2 Å². The fourth-order valence-electron chi connectivity index (χ4n) is 9.26. The zero-order chi connectivity index (χ0) is 25.5. The van der Waals surface area contributed by atoms with Gasteiger partial charge in [-0.3, -0.25) is 9.59 Å². The molecule has 1 aromatic rings. The number of fused-ring (bicyclic) bond motifs is 7. The smallest absolute Gasteiger partial charge is 0.302 e. The van der Waals surface area contributed by atoms with Crippen molar-refractivity contribution in [3.8, 4) is 0 Å². The van der Waals surface area contributed by atoms with E-state index in [0.29, 0.717) is 17.8 Å². The van der Waals surface area contributed by atoms with Gasteiger partial charge in [0.15, 0.2) is 11.3 Å². The number of ketones is 1. The maximum Gasteiger partial charge on any atom is 0.302 e. The molecule has 8 atom stereocenters. The van der Waals surface area contributed by atoms with Gasteiger partial charge in [-0.15, -0.1) is 0 Å². The van der Waals surface area contributed by atoms with Crippen LogP contribution in [0.15, 0.2) is 46.3 Å². The standard InChI is InChI=1S/C30H39N3O3/c1-18-6-9-22(10-7-18)33-27-17-26-24-11-8-21-16-23(36-20(3)35)12-14-28(21,4)25(24)13-15-29(26,5)30(27,19(2)34)31-32-33/h6-10,23-27H,11-17H2,1-5H3. The molecule has 3 saturated carbocycles. The van der Waals surface area contributed by atoms with Crippen molar-refractivity contribution in [1.29, 1.82) is 0 Å². The second kappa shape index (κ2) is 8.00. The molecule has 8 unspecified atom stereocenters. The minimum absolute atomic E-state index is 0.0162. The summed E-state index contributed by atoms with van der Waals surface area (Å²) < 4.78 is 5.61. The van der Waals surface area contributed by atoms with Gasteiger partial charge in [-0.1, -0.05) is 48.4 Å². The first-order chi connectivity index (χ1) is 17.1. The van der Waals surface area contributed by atoms with Gasteiger partial charge in [0.2, 0.25) is 0 Å². The van der Waals surface area contributed by atoms with Gasteiger partial charge in [0, 0.05) is 18.8 Å². The summed E-state index contributed by atoms with van der Waals surface area (Å²) in [6, 6.07) is 8.41. The monoisotopic (exact) mass is 489 g/mol. The van der Waals surface area contributed by atoms with Crippen LogP contribution in [-0.4, -0.2) is 29.4 Å². The van der Waals surface area contributed by atoms with Crippen molar-refractivity contribution in [3.63, 3.8) is 0 Å². The number of anilines is 1. The van der Waals surface area contributed by atoms with Crippen LogP contribution in [-0.2, 0) is 14.3 Å². The molecule has 1 aromatic carbocycles. The van der Waals surface area contributed by atoms with Crippen molar-refractivity contribution in [3.05, 3.63) is 41.5 Å². The normalized spacial score (nSPS) is 42.6. The van der Waals surface area contributed by atoms with Crippen LogP contribution < -0.4 is 5.01 Å². The van der Waals surface area contributed by atoms with Gasteiger partial charge >= 0.3 is 5.97 Å². The molecule has 6 nitrogen and oxygen atoms in total. The van der Waals surface area contributed by atoms with Crippen molar-refractivity contribution < 1.29 is 14.3 Å². The average Bonchev–Trinajstić information content (AvgIpc) is 3.34. The highest BCUT2D eigenvalue weighted by Crippen LogP contribution is 2.69. The van der Waals surface area contributed by atoms with Crippen molar-refractivity contribution in [2.24, 2.45) is 38.9 Å². The Kier molecular flexibility index (Phi) is 5.30. The fraction of sp³-hybridized carbons (Fsp3) is 0.667. The SMILES string of the molecule is CC(=O)OC1CCC2(C)C(=CCC3C2CCC2(C)C3CC3N(c4ccc(C)cc4)N=NC32C(C)=O)C1. The number of hydrogen-bond donors (Lipinski definition) is 0. The molecule has 0 N–H and O–H groups in total. The minimum atomic E-state index is -0.772. The van der Waals surface area contributed by atoms with Crippen LogP contribution in [0.25, 0.3) is 0 Å². The van der Waals surface area contributed by atoms with Gasteiger partial charge in [-0.05, 0) is 87.7 Å². The molecule has 0 aromatic heterocycles. The number of ether oxygens (including phenoxy) is 1. The van der Waals surface area contributed by atoms with E-state index in [1.165, 1.54) is 18.1 Å². The van der Waals surface area contributed by atoms with E-state index >= 15 is 0 Å². The lowest BCUT2D eigenvalue weighted by Crippen LogP contribution is -2.59. The van der Waals surface area contributed by atoms with Gasteiger partial charge < -0.3 is 4.74 Å². The third-order valence-corrected chi connectivity index (χ3v) is 11.0. The van der Waals surface area contributed by atoms with Gasteiger partial charge in [0.25, 0.3) is 0 Å². The second-order valence-corrected chi connectivity index (χ2v) is 12.6. The van der Waals surface area contributed by atoms with Crippen LogP contribution in [0, 0.1) is 35.5 Å². The number of Topliss-reactive ketones (excluding diaryl/α,β-unsaturated/α-hetero) is 1. The largest absolute Gasteiger partial charge is 0.462 e. The summed E-state index contributed by atoms with van der Waals surface area (Å²) in [5.41, 5.74) is 2.92. The molecule has 0 saturated heterocycles. The van der Waals surface area contributed by atoms with Crippen LogP contribution >= 0.6 is 0 Å². The van der Waals surface area contributed by atoms with Crippen LogP contribution in [0.3, 0.4) is 0 Å². The number of carbonyl (C=O) groups excluding carboxylic acids is 2.